The van der Waals surface area contributed by atoms with Crippen LogP contribution < -0.4 is 0 Å². The molecule has 0 bridgehead atoms. The highest BCUT2D eigenvalue weighted by Gasteiger charge is 2.36. The molecule has 5 rings (SSSR count). The number of carbonyl (C=O) groups is 3. The van der Waals surface area contributed by atoms with E-state index in [9.17, 15) is 14.4 Å². The quantitative estimate of drug-likeness (QED) is 0.372. The number of thioether (sulfide) groups is 1. The number of ether oxygens (including phenoxy) is 1. The lowest BCUT2D eigenvalue weighted by Gasteiger charge is -2.30. The van der Waals surface area contributed by atoms with Crippen LogP contribution in [0.15, 0.2) is 42.5 Å². The minimum atomic E-state index is -0.411. The summed E-state index contributed by atoms with van der Waals surface area (Å²) in [7, 11) is 1.77. The van der Waals surface area contributed by atoms with Gasteiger partial charge in [0.05, 0.1) is 11.8 Å². The number of fused-ring (bicyclic) bond motifs is 1. The number of halogens is 2. The van der Waals surface area contributed by atoms with Crippen LogP contribution in [0.3, 0.4) is 0 Å². The van der Waals surface area contributed by atoms with Gasteiger partial charge in [-0.25, -0.2) is 4.79 Å². The van der Waals surface area contributed by atoms with Crippen molar-refractivity contribution in [3.63, 3.8) is 0 Å². The first-order valence-electron chi connectivity index (χ1n) is 13.0. The number of amides is 3. The number of hydrogen-bond acceptors (Lipinski definition) is 6. The maximum Gasteiger partial charge on any atom is 0.410 e. The van der Waals surface area contributed by atoms with E-state index in [0.717, 1.165) is 28.7 Å². The van der Waals surface area contributed by atoms with Crippen molar-refractivity contribution in [3.05, 3.63) is 74.8 Å². The van der Waals surface area contributed by atoms with E-state index in [1.165, 1.54) is 22.2 Å². The largest absolute Gasteiger partial charge is 0.445 e. The van der Waals surface area contributed by atoms with Gasteiger partial charge in [0.2, 0.25) is 11.8 Å². The summed E-state index contributed by atoms with van der Waals surface area (Å²) < 4.78 is 6.07. The molecule has 0 saturated carbocycles. The van der Waals surface area contributed by atoms with Gasteiger partial charge in [-0.3, -0.25) is 14.5 Å². The number of nitrogens with zero attached hydrogens (tertiary/aromatic N) is 3. The molecule has 2 aromatic rings. The predicted molar refractivity (Wildman–Crippen MR) is 162 cm³/mol. The van der Waals surface area contributed by atoms with E-state index in [-0.39, 0.29) is 36.9 Å². The zero-order valence-electron chi connectivity index (χ0n) is 22.2. The van der Waals surface area contributed by atoms with Gasteiger partial charge >= 0.3 is 6.09 Å². The molecule has 0 N–H and O–H groups in total. The van der Waals surface area contributed by atoms with Crippen molar-refractivity contribution < 1.29 is 19.1 Å². The third-order valence-electron chi connectivity index (χ3n) is 7.60. The summed E-state index contributed by atoms with van der Waals surface area (Å²) in [5.74, 6) is 0.324. The monoisotopic (exact) mass is 617 g/mol. The molecule has 1 saturated heterocycles. The van der Waals surface area contributed by atoms with Gasteiger partial charge in [-0.2, -0.15) is 0 Å². The second-order valence-corrected chi connectivity index (χ2v) is 12.8. The molecule has 7 nitrogen and oxygen atoms in total. The topological polar surface area (TPSA) is 70.2 Å². The Bertz CT molecular complexity index is 1380. The van der Waals surface area contributed by atoms with E-state index >= 15 is 0 Å². The summed E-state index contributed by atoms with van der Waals surface area (Å²) in [6, 6.07) is 11.4. The second kappa shape index (κ2) is 12.1. The number of carbonyl (C=O) groups excluding carboxylic acids is 3. The fourth-order valence-electron chi connectivity index (χ4n) is 5.59. The van der Waals surface area contributed by atoms with Crippen molar-refractivity contribution in [2.24, 2.45) is 5.92 Å². The molecule has 1 fully saturated rings. The van der Waals surface area contributed by atoms with Crippen molar-refractivity contribution in [1.82, 2.24) is 14.7 Å². The van der Waals surface area contributed by atoms with Crippen LogP contribution in [-0.2, 0) is 27.4 Å². The Balaban J connectivity index is 1.25. The lowest BCUT2D eigenvalue weighted by atomic mass is 9.94. The van der Waals surface area contributed by atoms with E-state index in [4.69, 9.17) is 40.2 Å². The Morgan fingerprint density at radius 3 is 2.58 bits per heavy atom. The van der Waals surface area contributed by atoms with E-state index in [2.05, 4.69) is 31.2 Å². The summed E-state index contributed by atoms with van der Waals surface area (Å²) in [5.41, 5.74) is 5.32. The smallest absolute Gasteiger partial charge is 0.410 e. The SMILES string of the molecule is CC1Cc2ccc(C3=CCN(C(=O)CN4C(=O)CSC4=S)CC3)cc2C1N(C)C(=O)OCc1cc(Cl)cc(Cl)c1. The molecule has 3 aliphatic rings. The molecule has 2 aromatic carbocycles. The van der Waals surface area contributed by atoms with E-state index < -0.39 is 6.09 Å². The zero-order valence-corrected chi connectivity index (χ0v) is 25.3. The first-order valence-corrected chi connectivity index (χ1v) is 15.2. The Morgan fingerprint density at radius 2 is 1.93 bits per heavy atom. The van der Waals surface area contributed by atoms with Gasteiger partial charge in [0.1, 0.15) is 17.5 Å². The van der Waals surface area contributed by atoms with Gasteiger partial charge in [0.25, 0.3) is 0 Å². The standard InChI is InChI=1S/C29H29Cl2N3O4S2/c1-17-9-21-4-3-20(19-5-7-33(8-6-19)25(35)14-34-26(36)16-40-29(34)39)12-24(21)27(17)32(2)28(37)38-15-18-10-22(30)13-23(31)11-18/h3-5,10-13,17,27H,6-9,14-16H2,1-2H3. The Labute approximate surface area is 253 Å². The van der Waals surface area contributed by atoms with Crippen molar-refractivity contribution in [2.75, 3.05) is 32.4 Å². The fourth-order valence-corrected chi connectivity index (χ4v) is 7.23. The minimum Gasteiger partial charge on any atom is -0.445 e. The van der Waals surface area contributed by atoms with Crippen molar-refractivity contribution in [1.29, 1.82) is 0 Å². The molecule has 2 unspecified atom stereocenters. The molecular formula is C29H29Cl2N3O4S2. The van der Waals surface area contributed by atoms with Crippen LogP contribution in [0.1, 0.15) is 41.6 Å². The molecule has 3 amide bonds. The van der Waals surface area contributed by atoms with Gasteiger partial charge in [-0.1, -0.05) is 72.3 Å². The van der Waals surface area contributed by atoms with Crippen molar-refractivity contribution in [2.45, 2.75) is 32.4 Å². The van der Waals surface area contributed by atoms with Gasteiger partial charge in [0.15, 0.2) is 0 Å². The maximum atomic E-state index is 13.0. The molecule has 210 valence electrons. The van der Waals surface area contributed by atoms with Gasteiger partial charge in [0, 0.05) is 30.2 Å². The molecule has 2 aliphatic heterocycles. The first kappa shape index (κ1) is 28.9. The van der Waals surface area contributed by atoms with Gasteiger partial charge in [-0.15, -0.1) is 0 Å². The molecule has 0 spiro atoms. The second-order valence-electron chi connectivity index (χ2n) is 10.3. The third-order valence-corrected chi connectivity index (χ3v) is 9.47. The van der Waals surface area contributed by atoms with Crippen LogP contribution in [-0.4, -0.2) is 69.4 Å². The summed E-state index contributed by atoms with van der Waals surface area (Å²) in [4.78, 5) is 42.7. The minimum absolute atomic E-state index is 0.000954. The normalized spacial score (nSPS) is 20.4. The average molecular weight is 619 g/mol. The molecule has 0 aromatic heterocycles. The molecule has 0 radical (unpaired) electrons. The van der Waals surface area contributed by atoms with Gasteiger partial charge < -0.3 is 14.5 Å². The van der Waals surface area contributed by atoms with E-state index in [0.29, 0.717) is 39.6 Å². The van der Waals surface area contributed by atoms with Crippen LogP contribution in [0.25, 0.3) is 5.57 Å². The maximum absolute atomic E-state index is 13.0. The molecule has 2 atom stereocenters. The van der Waals surface area contributed by atoms with Crippen LogP contribution in [0, 0.1) is 5.92 Å². The molecular weight excluding hydrogens is 589 g/mol. The highest BCUT2D eigenvalue weighted by molar-refractivity contribution is 8.23. The summed E-state index contributed by atoms with van der Waals surface area (Å²) in [5, 5.41) is 0.986. The van der Waals surface area contributed by atoms with Crippen LogP contribution in [0.5, 0.6) is 0 Å². The van der Waals surface area contributed by atoms with E-state index in [1.807, 2.05) is 0 Å². The van der Waals surface area contributed by atoms with Gasteiger partial charge in [-0.05, 0) is 70.9 Å². The summed E-state index contributed by atoms with van der Waals surface area (Å²) in [6.45, 7) is 3.27. The molecule has 2 heterocycles. The van der Waals surface area contributed by atoms with Crippen LogP contribution in [0.2, 0.25) is 10.0 Å². The summed E-state index contributed by atoms with van der Waals surface area (Å²) in [6.07, 6.45) is 3.24. The zero-order chi connectivity index (χ0) is 28.6. The van der Waals surface area contributed by atoms with Crippen LogP contribution >= 0.6 is 47.2 Å². The molecule has 11 heteroatoms. The lowest BCUT2D eigenvalue weighted by molar-refractivity contribution is -0.135. The molecule has 40 heavy (non-hydrogen) atoms. The first-order chi connectivity index (χ1) is 19.1. The third kappa shape index (κ3) is 6.17. The number of thiocarbonyl (C=S) groups is 1. The Hall–Kier alpha value is -2.59. The highest BCUT2D eigenvalue weighted by atomic mass is 35.5. The number of benzene rings is 2. The predicted octanol–water partition coefficient (Wildman–Crippen LogP) is 5.97. The van der Waals surface area contributed by atoms with Crippen LogP contribution in [0.4, 0.5) is 4.79 Å². The number of rotatable bonds is 6. The molecule has 1 aliphatic carbocycles. The van der Waals surface area contributed by atoms with Crippen molar-refractivity contribution in [3.8, 4) is 0 Å². The summed E-state index contributed by atoms with van der Waals surface area (Å²) >= 11 is 18.7. The van der Waals surface area contributed by atoms with Crippen molar-refractivity contribution >= 4 is 75.0 Å². The number of hydrogen-bond donors (Lipinski definition) is 0. The highest BCUT2D eigenvalue weighted by Crippen LogP contribution is 2.41. The fraction of sp³-hybridized carbons (Fsp3) is 0.379. The average Bonchev–Trinajstić information content (AvgIpc) is 3.43. The Kier molecular flexibility index (Phi) is 8.75. The lowest BCUT2D eigenvalue weighted by Crippen LogP contribution is -2.43. The van der Waals surface area contributed by atoms with E-state index in [1.54, 1.807) is 35.0 Å². The Morgan fingerprint density at radius 1 is 1.18 bits per heavy atom.